The number of amides is 1. The topological polar surface area (TPSA) is 49.3 Å². The van der Waals surface area contributed by atoms with Crippen molar-refractivity contribution in [3.05, 3.63) is 33.6 Å². The Morgan fingerprint density at radius 1 is 1.47 bits per heavy atom. The monoisotopic (exact) mass is 279 g/mol. The van der Waals surface area contributed by atoms with Gasteiger partial charge in [0.05, 0.1) is 21.7 Å². The van der Waals surface area contributed by atoms with Gasteiger partial charge in [0.2, 0.25) is 0 Å². The van der Waals surface area contributed by atoms with E-state index in [9.17, 15) is 14.3 Å². The summed E-state index contributed by atoms with van der Waals surface area (Å²) in [6, 6.07) is 2.14. The van der Waals surface area contributed by atoms with E-state index in [1.807, 2.05) is 0 Å². The first-order valence-electron chi connectivity index (χ1n) is 5.06. The molecule has 0 aromatic heterocycles. The molecule has 1 unspecified atom stereocenters. The van der Waals surface area contributed by atoms with Crippen LogP contribution in [0.3, 0.4) is 0 Å². The minimum absolute atomic E-state index is 0.00290. The van der Waals surface area contributed by atoms with Crippen molar-refractivity contribution in [3.63, 3.8) is 0 Å². The van der Waals surface area contributed by atoms with Crippen LogP contribution >= 0.6 is 23.2 Å². The van der Waals surface area contributed by atoms with Crippen LogP contribution in [0.4, 0.5) is 4.39 Å². The number of nitrogens with one attached hydrogen (secondary N) is 1. The molecule has 2 N–H and O–H groups in total. The summed E-state index contributed by atoms with van der Waals surface area (Å²) in [4.78, 5) is 11.6. The third-order valence-corrected chi connectivity index (χ3v) is 2.83. The summed E-state index contributed by atoms with van der Waals surface area (Å²) in [5, 5.41) is 11.7. The van der Waals surface area contributed by atoms with Gasteiger partial charge in [-0.15, -0.1) is 0 Å². The molecule has 0 saturated carbocycles. The first-order valence-corrected chi connectivity index (χ1v) is 5.82. The lowest BCUT2D eigenvalue weighted by Gasteiger charge is -2.10. The van der Waals surface area contributed by atoms with Gasteiger partial charge in [0.1, 0.15) is 5.82 Å². The zero-order chi connectivity index (χ0) is 13.0. The Morgan fingerprint density at radius 2 is 2.12 bits per heavy atom. The Balaban J connectivity index is 2.79. The number of aliphatic hydroxyl groups is 1. The SMILES string of the molecule is CCC(O)CNC(=O)c1cc(F)c(Cl)cc1Cl. The highest BCUT2D eigenvalue weighted by Crippen LogP contribution is 2.24. The number of hydrogen-bond donors (Lipinski definition) is 2. The largest absolute Gasteiger partial charge is 0.391 e. The standard InChI is InChI=1S/C11H12Cl2FNO2/c1-2-6(16)5-15-11(17)7-3-10(14)9(13)4-8(7)12/h3-4,6,16H,2,5H2,1H3,(H,15,17). The lowest BCUT2D eigenvalue weighted by molar-refractivity contribution is 0.0913. The normalized spacial score (nSPS) is 12.3. The van der Waals surface area contributed by atoms with Gasteiger partial charge >= 0.3 is 0 Å². The third-order valence-electron chi connectivity index (χ3n) is 2.22. The van der Waals surface area contributed by atoms with Crippen molar-refractivity contribution in [3.8, 4) is 0 Å². The highest BCUT2D eigenvalue weighted by molar-refractivity contribution is 6.36. The molecule has 94 valence electrons. The van der Waals surface area contributed by atoms with Crippen LogP contribution in [0.25, 0.3) is 0 Å². The Bertz CT molecular complexity index is 426. The fraction of sp³-hybridized carbons (Fsp3) is 0.364. The third kappa shape index (κ3) is 3.84. The Kier molecular flexibility index (Phi) is 5.18. The van der Waals surface area contributed by atoms with E-state index in [0.29, 0.717) is 6.42 Å². The predicted molar refractivity (Wildman–Crippen MR) is 65.1 cm³/mol. The van der Waals surface area contributed by atoms with Crippen LogP contribution in [0.2, 0.25) is 10.0 Å². The number of carbonyl (C=O) groups is 1. The molecule has 1 aromatic carbocycles. The van der Waals surface area contributed by atoms with Gasteiger partial charge in [0.15, 0.2) is 0 Å². The van der Waals surface area contributed by atoms with Gasteiger partial charge in [-0.25, -0.2) is 4.39 Å². The maximum Gasteiger partial charge on any atom is 0.252 e. The minimum Gasteiger partial charge on any atom is -0.391 e. The number of hydrogen-bond acceptors (Lipinski definition) is 2. The molecule has 0 aliphatic carbocycles. The Hall–Kier alpha value is -0.840. The molecule has 0 bridgehead atoms. The van der Waals surface area contributed by atoms with Crippen LogP contribution in [0.5, 0.6) is 0 Å². The summed E-state index contributed by atoms with van der Waals surface area (Å²) in [5.41, 5.74) is -0.00290. The van der Waals surface area contributed by atoms with Gasteiger partial charge in [-0.1, -0.05) is 30.1 Å². The van der Waals surface area contributed by atoms with Crippen LogP contribution in [-0.4, -0.2) is 23.7 Å². The maximum absolute atomic E-state index is 13.2. The molecular weight excluding hydrogens is 268 g/mol. The Labute approximate surface area is 109 Å². The molecule has 6 heteroatoms. The number of aliphatic hydroxyl groups excluding tert-OH is 1. The van der Waals surface area contributed by atoms with Gasteiger partial charge in [0, 0.05) is 6.54 Å². The van der Waals surface area contributed by atoms with Gasteiger partial charge in [-0.3, -0.25) is 4.79 Å². The van der Waals surface area contributed by atoms with Crippen molar-refractivity contribution >= 4 is 29.1 Å². The summed E-state index contributed by atoms with van der Waals surface area (Å²) < 4.78 is 13.2. The average molecular weight is 280 g/mol. The number of rotatable bonds is 4. The molecule has 1 aromatic rings. The zero-order valence-electron chi connectivity index (χ0n) is 9.14. The Morgan fingerprint density at radius 3 is 2.71 bits per heavy atom. The van der Waals surface area contributed by atoms with Crippen LogP contribution in [0, 0.1) is 5.82 Å². The lowest BCUT2D eigenvalue weighted by atomic mass is 10.2. The van der Waals surface area contributed by atoms with Crippen molar-refractivity contribution in [1.82, 2.24) is 5.32 Å². The summed E-state index contributed by atoms with van der Waals surface area (Å²) in [6.07, 6.45) is -0.113. The summed E-state index contributed by atoms with van der Waals surface area (Å²) in [6.45, 7) is 1.88. The number of benzene rings is 1. The van der Waals surface area contributed by atoms with E-state index in [2.05, 4.69) is 5.32 Å². The van der Waals surface area contributed by atoms with Crippen molar-refractivity contribution in [2.75, 3.05) is 6.54 Å². The second kappa shape index (κ2) is 6.19. The second-order valence-electron chi connectivity index (χ2n) is 3.52. The smallest absolute Gasteiger partial charge is 0.252 e. The van der Waals surface area contributed by atoms with Gasteiger partial charge in [0.25, 0.3) is 5.91 Å². The summed E-state index contributed by atoms with van der Waals surface area (Å²) >= 11 is 11.3. The van der Waals surface area contributed by atoms with Gasteiger partial charge in [-0.05, 0) is 18.6 Å². The van der Waals surface area contributed by atoms with E-state index < -0.39 is 17.8 Å². The lowest BCUT2D eigenvalue weighted by Crippen LogP contribution is -2.31. The first-order chi connectivity index (χ1) is 7.95. The van der Waals surface area contributed by atoms with E-state index in [0.717, 1.165) is 6.07 Å². The molecule has 0 saturated heterocycles. The highest BCUT2D eigenvalue weighted by Gasteiger charge is 2.14. The first kappa shape index (κ1) is 14.2. The van der Waals surface area contributed by atoms with Crippen LogP contribution < -0.4 is 5.32 Å². The van der Waals surface area contributed by atoms with Crippen molar-refractivity contribution in [1.29, 1.82) is 0 Å². The molecule has 0 aliphatic heterocycles. The molecule has 17 heavy (non-hydrogen) atoms. The van der Waals surface area contributed by atoms with Crippen LogP contribution in [0.1, 0.15) is 23.7 Å². The van der Waals surface area contributed by atoms with Gasteiger partial charge in [-0.2, -0.15) is 0 Å². The fourth-order valence-electron chi connectivity index (χ4n) is 1.15. The van der Waals surface area contributed by atoms with Crippen molar-refractivity contribution in [2.45, 2.75) is 19.4 Å². The molecule has 0 fully saturated rings. The highest BCUT2D eigenvalue weighted by atomic mass is 35.5. The maximum atomic E-state index is 13.2. The van der Waals surface area contributed by atoms with E-state index in [4.69, 9.17) is 23.2 Å². The molecule has 0 heterocycles. The van der Waals surface area contributed by atoms with Crippen LogP contribution in [0.15, 0.2) is 12.1 Å². The van der Waals surface area contributed by atoms with Gasteiger partial charge < -0.3 is 10.4 Å². The zero-order valence-corrected chi connectivity index (χ0v) is 10.6. The van der Waals surface area contributed by atoms with Crippen molar-refractivity contribution < 1.29 is 14.3 Å². The van der Waals surface area contributed by atoms with Crippen molar-refractivity contribution in [2.24, 2.45) is 0 Å². The minimum atomic E-state index is -0.711. The molecule has 1 atom stereocenters. The fourth-order valence-corrected chi connectivity index (χ4v) is 1.62. The number of halogens is 3. The molecule has 1 amide bonds. The second-order valence-corrected chi connectivity index (χ2v) is 4.33. The van der Waals surface area contributed by atoms with E-state index in [1.165, 1.54) is 6.07 Å². The number of carbonyl (C=O) groups excluding carboxylic acids is 1. The average Bonchev–Trinajstić information content (AvgIpc) is 2.30. The molecule has 0 radical (unpaired) electrons. The molecule has 3 nitrogen and oxygen atoms in total. The van der Waals surface area contributed by atoms with E-state index in [1.54, 1.807) is 6.92 Å². The quantitative estimate of drug-likeness (QED) is 0.833. The molecule has 0 aliphatic rings. The summed E-state index contributed by atoms with van der Waals surface area (Å²) in [7, 11) is 0. The molecule has 1 rings (SSSR count). The van der Waals surface area contributed by atoms with E-state index >= 15 is 0 Å². The predicted octanol–water partition coefficient (Wildman–Crippen LogP) is 2.63. The summed E-state index contributed by atoms with van der Waals surface area (Å²) in [5.74, 6) is -1.25. The van der Waals surface area contributed by atoms with E-state index in [-0.39, 0.29) is 22.2 Å². The molecule has 0 spiro atoms. The van der Waals surface area contributed by atoms with Crippen LogP contribution in [-0.2, 0) is 0 Å². The molecular formula is C11H12Cl2FNO2.